The van der Waals surface area contributed by atoms with Gasteiger partial charge in [-0.05, 0) is 12.1 Å². The summed E-state index contributed by atoms with van der Waals surface area (Å²) in [6, 6.07) is 19.9. The van der Waals surface area contributed by atoms with E-state index in [1.165, 1.54) is 0 Å². The highest BCUT2D eigenvalue weighted by Gasteiger charge is 2.15. The highest BCUT2D eigenvalue weighted by atomic mass is 28.3. The Balaban J connectivity index is 2.13. The van der Waals surface area contributed by atoms with Crippen molar-refractivity contribution < 1.29 is 8.85 Å². The molecule has 0 saturated heterocycles. The van der Waals surface area contributed by atoms with Gasteiger partial charge in [-0.1, -0.05) is 48.5 Å². The smallest absolute Gasteiger partial charge is 0.417 e. The number of para-hydroxylation sites is 1. The molecule has 2 rings (SSSR count). The third kappa shape index (κ3) is 2.71. The molecule has 0 heterocycles. The molecule has 1 unspecified atom stereocenters. The molecule has 2 nitrogen and oxygen atoms in total. The van der Waals surface area contributed by atoms with Crippen LogP contribution in [-0.2, 0) is 4.43 Å². The lowest BCUT2D eigenvalue weighted by Gasteiger charge is -2.15. The van der Waals surface area contributed by atoms with Crippen molar-refractivity contribution in [1.82, 2.24) is 0 Å². The van der Waals surface area contributed by atoms with Crippen LogP contribution in [0.5, 0.6) is 5.75 Å². The van der Waals surface area contributed by atoms with E-state index < -0.39 is 9.28 Å². The summed E-state index contributed by atoms with van der Waals surface area (Å²) < 4.78 is 11.3. The van der Waals surface area contributed by atoms with Gasteiger partial charge in [0.2, 0.25) is 0 Å². The fourth-order valence-electron chi connectivity index (χ4n) is 1.49. The van der Waals surface area contributed by atoms with E-state index in [0.29, 0.717) is 0 Å². The molecule has 2 aromatic rings. The van der Waals surface area contributed by atoms with Crippen LogP contribution < -0.4 is 9.61 Å². The van der Waals surface area contributed by atoms with E-state index in [2.05, 4.69) is 0 Å². The second-order valence-corrected chi connectivity index (χ2v) is 5.45. The van der Waals surface area contributed by atoms with E-state index in [1.807, 2.05) is 60.7 Å². The van der Waals surface area contributed by atoms with E-state index >= 15 is 0 Å². The van der Waals surface area contributed by atoms with Crippen molar-refractivity contribution in [3.63, 3.8) is 0 Å². The van der Waals surface area contributed by atoms with E-state index in [1.54, 1.807) is 7.11 Å². The van der Waals surface area contributed by atoms with Crippen LogP contribution in [0.4, 0.5) is 0 Å². The maximum atomic E-state index is 5.87. The van der Waals surface area contributed by atoms with E-state index in [4.69, 9.17) is 8.85 Å². The normalized spacial score (nSPS) is 12.1. The predicted octanol–water partition coefficient (Wildman–Crippen LogP) is 1.84. The van der Waals surface area contributed by atoms with Crippen LogP contribution >= 0.6 is 0 Å². The molecule has 0 spiro atoms. The zero-order valence-corrected chi connectivity index (χ0v) is 10.3. The van der Waals surface area contributed by atoms with Crippen molar-refractivity contribution in [3.8, 4) is 5.75 Å². The van der Waals surface area contributed by atoms with Crippen molar-refractivity contribution in [2.75, 3.05) is 7.11 Å². The summed E-state index contributed by atoms with van der Waals surface area (Å²) in [5.41, 5.74) is 0. The van der Waals surface area contributed by atoms with Crippen LogP contribution in [0.2, 0.25) is 0 Å². The molecule has 0 saturated carbocycles. The van der Waals surface area contributed by atoms with Gasteiger partial charge in [-0.3, -0.25) is 0 Å². The lowest BCUT2D eigenvalue weighted by molar-refractivity contribution is 0.348. The fraction of sp³-hybridized carbons (Fsp3) is 0.0769. The highest BCUT2D eigenvalue weighted by molar-refractivity contribution is 6.61. The first-order valence-electron chi connectivity index (χ1n) is 5.19. The van der Waals surface area contributed by atoms with Crippen molar-refractivity contribution in [2.45, 2.75) is 0 Å². The minimum Gasteiger partial charge on any atom is -0.519 e. The van der Waals surface area contributed by atoms with E-state index in [0.717, 1.165) is 10.9 Å². The molecule has 0 radical (unpaired) electrons. The first-order chi connectivity index (χ1) is 7.90. The fourth-order valence-corrected chi connectivity index (χ4v) is 2.93. The lowest BCUT2D eigenvalue weighted by Crippen LogP contribution is -2.38. The van der Waals surface area contributed by atoms with Gasteiger partial charge in [0, 0.05) is 12.3 Å². The molecular formula is C13H14O2Si. The quantitative estimate of drug-likeness (QED) is 0.746. The van der Waals surface area contributed by atoms with Crippen molar-refractivity contribution in [2.24, 2.45) is 0 Å². The molecule has 0 aliphatic carbocycles. The standard InChI is InChI=1S/C13H14O2Si/c1-14-16(13-10-6-3-7-11-13)15-12-8-4-2-5-9-12/h2-11,16H,1H3. The molecule has 0 fully saturated rings. The Kier molecular flexibility index (Phi) is 3.74. The van der Waals surface area contributed by atoms with Gasteiger partial charge in [-0.25, -0.2) is 0 Å². The second-order valence-electron chi connectivity index (χ2n) is 3.41. The molecule has 0 aliphatic rings. The SMILES string of the molecule is CO[SiH](Oc1ccccc1)c1ccccc1. The topological polar surface area (TPSA) is 18.5 Å². The molecule has 1 atom stereocenters. The monoisotopic (exact) mass is 230 g/mol. The third-order valence-electron chi connectivity index (χ3n) is 2.27. The number of rotatable bonds is 4. The largest absolute Gasteiger partial charge is 0.519 e. The zero-order chi connectivity index (χ0) is 11.2. The summed E-state index contributed by atoms with van der Waals surface area (Å²) in [6.45, 7) is 0. The van der Waals surface area contributed by atoms with Gasteiger partial charge in [-0.2, -0.15) is 0 Å². The molecule has 0 amide bonds. The van der Waals surface area contributed by atoms with Gasteiger partial charge in [0.15, 0.2) is 0 Å². The summed E-state index contributed by atoms with van der Waals surface area (Å²) in [5, 5.41) is 1.15. The molecule has 0 aliphatic heterocycles. The Morgan fingerprint density at radius 1 is 0.812 bits per heavy atom. The zero-order valence-electron chi connectivity index (χ0n) is 9.17. The van der Waals surface area contributed by atoms with E-state index in [9.17, 15) is 0 Å². The molecule has 0 bridgehead atoms. The van der Waals surface area contributed by atoms with Crippen molar-refractivity contribution >= 4 is 14.5 Å². The van der Waals surface area contributed by atoms with Gasteiger partial charge in [0.05, 0.1) is 0 Å². The molecule has 16 heavy (non-hydrogen) atoms. The Labute approximate surface area is 97.3 Å². The summed E-state index contributed by atoms with van der Waals surface area (Å²) in [4.78, 5) is 0. The van der Waals surface area contributed by atoms with Crippen molar-refractivity contribution in [1.29, 1.82) is 0 Å². The summed E-state index contributed by atoms with van der Waals surface area (Å²) in [7, 11) is -0.0967. The summed E-state index contributed by atoms with van der Waals surface area (Å²) in [5.74, 6) is 0.866. The van der Waals surface area contributed by atoms with Crippen LogP contribution in [0.1, 0.15) is 0 Å². The van der Waals surface area contributed by atoms with Gasteiger partial charge in [-0.15, -0.1) is 0 Å². The molecule has 82 valence electrons. The molecular weight excluding hydrogens is 216 g/mol. The minimum absolute atomic E-state index is 0.866. The van der Waals surface area contributed by atoms with Gasteiger partial charge in [0.1, 0.15) is 5.75 Å². The molecule has 3 heteroatoms. The number of hydrogen-bond donors (Lipinski definition) is 0. The van der Waals surface area contributed by atoms with Gasteiger partial charge < -0.3 is 8.85 Å². The van der Waals surface area contributed by atoms with Crippen LogP contribution in [0.25, 0.3) is 0 Å². The second kappa shape index (κ2) is 5.49. The summed E-state index contributed by atoms with van der Waals surface area (Å²) in [6.07, 6.45) is 0. The first-order valence-corrected chi connectivity index (χ1v) is 6.71. The average Bonchev–Trinajstić information content (AvgIpc) is 2.38. The van der Waals surface area contributed by atoms with Gasteiger partial charge in [0.25, 0.3) is 0 Å². The molecule has 0 N–H and O–H groups in total. The van der Waals surface area contributed by atoms with Crippen LogP contribution in [0, 0.1) is 0 Å². The maximum absolute atomic E-state index is 5.87. The summed E-state index contributed by atoms with van der Waals surface area (Å²) >= 11 is 0. The van der Waals surface area contributed by atoms with Gasteiger partial charge >= 0.3 is 9.28 Å². The van der Waals surface area contributed by atoms with Crippen molar-refractivity contribution in [3.05, 3.63) is 60.7 Å². The lowest BCUT2D eigenvalue weighted by atomic mass is 10.3. The number of benzene rings is 2. The highest BCUT2D eigenvalue weighted by Crippen LogP contribution is 2.09. The minimum atomic E-state index is -1.80. The Morgan fingerprint density at radius 3 is 1.94 bits per heavy atom. The van der Waals surface area contributed by atoms with Crippen LogP contribution in [0.15, 0.2) is 60.7 Å². The Morgan fingerprint density at radius 2 is 1.38 bits per heavy atom. The molecule has 2 aromatic carbocycles. The number of hydrogen-bond acceptors (Lipinski definition) is 2. The Hall–Kier alpha value is -1.58. The van der Waals surface area contributed by atoms with Crippen LogP contribution in [-0.4, -0.2) is 16.4 Å². The van der Waals surface area contributed by atoms with Crippen LogP contribution in [0.3, 0.4) is 0 Å². The Bertz CT molecular complexity index is 416. The maximum Gasteiger partial charge on any atom is 0.417 e. The average molecular weight is 230 g/mol. The van der Waals surface area contributed by atoms with E-state index in [-0.39, 0.29) is 0 Å². The predicted molar refractivity (Wildman–Crippen MR) is 67.3 cm³/mol. The third-order valence-corrected chi connectivity index (χ3v) is 4.12. The first kappa shape index (κ1) is 10.9. The molecule has 0 aromatic heterocycles.